The largest absolute Gasteiger partial charge is 0.475 e. The molecule has 0 radical (unpaired) electrons. The van der Waals surface area contributed by atoms with Crippen molar-refractivity contribution in [1.82, 2.24) is 5.32 Å². The maximum Gasteiger partial charge on any atom is 0.469 e. The highest BCUT2D eigenvalue weighted by atomic mass is 31.2. The Labute approximate surface area is 141 Å². The summed E-state index contributed by atoms with van der Waals surface area (Å²) >= 11 is 0. The summed E-state index contributed by atoms with van der Waals surface area (Å²) in [4.78, 5) is 49.7. The molecule has 0 aromatic heterocycles. The molecule has 0 heterocycles. The van der Waals surface area contributed by atoms with Crippen molar-refractivity contribution < 1.29 is 58.8 Å². The third-order valence-electron chi connectivity index (χ3n) is 2.94. The minimum Gasteiger partial charge on any atom is -0.475 e. The van der Waals surface area contributed by atoms with Gasteiger partial charge in [0.2, 0.25) is 11.7 Å². The molecule has 0 saturated heterocycles. The third kappa shape index (κ3) is 9.00. The molecule has 8 N–H and O–H groups in total. The van der Waals surface area contributed by atoms with E-state index in [2.05, 4.69) is 4.52 Å². The van der Waals surface area contributed by atoms with E-state index >= 15 is 0 Å². The van der Waals surface area contributed by atoms with Crippen LogP contribution in [0.1, 0.15) is 13.3 Å². The van der Waals surface area contributed by atoms with Crippen LogP contribution in [0.2, 0.25) is 0 Å². The molecule has 0 unspecified atom stereocenters. The number of amides is 1. The second-order valence-corrected chi connectivity index (χ2v) is 6.30. The van der Waals surface area contributed by atoms with Gasteiger partial charge in [0, 0.05) is 13.3 Å². The summed E-state index contributed by atoms with van der Waals surface area (Å²) in [7, 11) is -4.97. The van der Waals surface area contributed by atoms with Gasteiger partial charge in [0.05, 0.1) is 18.8 Å². The molecule has 0 aliphatic heterocycles. The number of nitrogens with one attached hydrogen (secondary N) is 1. The number of carboxylic acid groups (broad SMARTS) is 1. The van der Waals surface area contributed by atoms with Crippen molar-refractivity contribution >= 4 is 25.5 Å². The summed E-state index contributed by atoms with van der Waals surface area (Å²) in [5, 5.41) is 49.6. The molecule has 0 rings (SSSR count). The van der Waals surface area contributed by atoms with Crippen LogP contribution >= 0.6 is 7.82 Å². The number of Topliss-reactive ketones (excluding diaryl/α,β-unsaturated/α-hetero) is 1. The predicted molar refractivity (Wildman–Crippen MR) is 76.9 cm³/mol. The monoisotopic (exact) mass is 389 g/mol. The first kappa shape index (κ1) is 23.6. The molecular weight excluding hydrogens is 369 g/mol. The van der Waals surface area contributed by atoms with Crippen LogP contribution in [0, 0.1) is 0 Å². The molecule has 0 saturated carbocycles. The van der Waals surface area contributed by atoms with Gasteiger partial charge in [-0.25, -0.2) is 9.36 Å². The Kier molecular flexibility index (Phi) is 9.32. The van der Waals surface area contributed by atoms with Crippen molar-refractivity contribution in [1.29, 1.82) is 0 Å². The molecule has 0 bridgehead atoms. The second kappa shape index (κ2) is 9.89. The number of carboxylic acids is 1. The SMILES string of the molecule is CC(=O)N[C@@H]([C@@H](O)[C@H](O)[C@H](O)COP(=O)(O)O)[C@@H](O)CC(=O)C(=O)O. The number of phosphoric ester groups is 1. The van der Waals surface area contributed by atoms with Crippen LogP contribution in [0.4, 0.5) is 0 Å². The number of phosphoric acid groups is 1. The number of rotatable bonds is 11. The molecule has 0 aromatic carbocycles. The average molecular weight is 389 g/mol. The maximum absolute atomic E-state index is 11.1. The smallest absolute Gasteiger partial charge is 0.469 e. The zero-order valence-electron chi connectivity index (χ0n) is 12.9. The highest BCUT2D eigenvalue weighted by Crippen LogP contribution is 2.35. The van der Waals surface area contributed by atoms with E-state index in [0.717, 1.165) is 6.92 Å². The standard InChI is InChI=1S/C11H20NO12P/c1-4(13)12-8(5(14)2-6(15)11(19)20)10(18)9(17)7(16)3-24-25(21,22)23/h5,7-10,14,16-18H,2-3H2,1H3,(H,12,13)(H,19,20)(H2,21,22,23)/t5-,7+,8+,9+,10+/m0/s1. The second-order valence-electron chi connectivity index (χ2n) is 5.06. The molecule has 1 amide bonds. The zero-order valence-corrected chi connectivity index (χ0v) is 13.8. The number of ketones is 1. The lowest BCUT2D eigenvalue weighted by atomic mass is 9.94. The van der Waals surface area contributed by atoms with Crippen molar-refractivity contribution in [2.75, 3.05) is 6.61 Å². The van der Waals surface area contributed by atoms with Crippen LogP contribution in [0.3, 0.4) is 0 Å². The van der Waals surface area contributed by atoms with Gasteiger partial charge in [0.15, 0.2) is 0 Å². The van der Waals surface area contributed by atoms with Crippen molar-refractivity contribution in [2.24, 2.45) is 0 Å². The number of aliphatic hydroxyl groups excluding tert-OH is 4. The Bertz CT molecular complexity index is 533. The van der Waals surface area contributed by atoms with E-state index in [4.69, 9.17) is 14.9 Å². The molecule has 0 aromatic rings. The van der Waals surface area contributed by atoms with Gasteiger partial charge in [0.25, 0.3) is 0 Å². The van der Waals surface area contributed by atoms with Gasteiger partial charge in [0.1, 0.15) is 18.3 Å². The van der Waals surface area contributed by atoms with Gasteiger partial charge in [-0.1, -0.05) is 0 Å². The number of aliphatic hydroxyl groups is 4. The first-order chi connectivity index (χ1) is 11.3. The summed E-state index contributed by atoms with van der Waals surface area (Å²) in [6.45, 7) is -0.134. The Morgan fingerprint density at radius 3 is 1.96 bits per heavy atom. The van der Waals surface area contributed by atoms with Gasteiger partial charge >= 0.3 is 13.8 Å². The molecule has 25 heavy (non-hydrogen) atoms. The lowest BCUT2D eigenvalue weighted by Crippen LogP contribution is -2.57. The minimum atomic E-state index is -4.97. The van der Waals surface area contributed by atoms with E-state index in [1.54, 1.807) is 0 Å². The molecule has 13 nitrogen and oxygen atoms in total. The van der Waals surface area contributed by atoms with Crippen molar-refractivity contribution in [3.63, 3.8) is 0 Å². The Balaban J connectivity index is 5.10. The topological polar surface area (TPSA) is 231 Å². The molecule has 5 atom stereocenters. The summed E-state index contributed by atoms with van der Waals surface area (Å²) in [5.74, 6) is -4.13. The van der Waals surface area contributed by atoms with Crippen LogP contribution in [-0.4, -0.2) is 90.0 Å². The van der Waals surface area contributed by atoms with Gasteiger partial charge in [-0.3, -0.25) is 14.1 Å². The fraction of sp³-hybridized carbons (Fsp3) is 0.727. The van der Waals surface area contributed by atoms with E-state index in [0.29, 0.717) is 0 Å². The highest BCUT2D eigenvalue weighted by Gasteiger charge is 2.38. The van der Waals surface area contributed by atoms with Crippen LogP contribution < -0.4 is 5.32 Å². The lowest BCUT2D eigenvalue weighted by molar-refractivity contribution is -0.151. The van der Waals surface area contributed by atoms with E-state index in [1.165, 1.54) is 0 Å². The lowest BCUT2D eigenvalue weighted by Gasteiger charge is -2.32. The average Bonchev–Trinajstić information content (AvgIpc) is 2.47. The summed E-state index contributed by atoms with van der Waals surface area (Å²) < 4.78 is 14.5. The van der Waals surface area contributed by atoms with Crippen LogP contribution in [-0.2, 0) is 23.5 Å². The van der Waals surface area contributed by atoms with Gasteiger partial charge in [-0.05, 0) is 0 Å². The predicted octanol–water partition coefficient (Wildman–Crippen LogP) is -3.91. The molecular formula is C11H20NO12P. The van der Waals surface area contributed by atoms with Crippen molar-refractivity contribution in [3.05, 3.63) is 0 Å². The molecule has 0 aliphatic rings. The van der Waals surface area contributed by atoms with Crippen LogP contribution in [0.5, 0.6) is 0 Å². The minimum absolute atomic E-state index is 0.820. The Morgan fingerprint density at radius 2 is 1.56 bits per heavy atom. The Hall–Kier alpha value is -1.44. The van der Waals surface area contributed by atoms with Gasteiger partial charge < -0.3 is 40.6 Å². The maximum atomic E-state index is 11.1. The number of aliphatic carboxylic acids is 1. The molecule has 146 valence electrons. The number of carbonyl (C=O) groups excluding carboxylic acids is 2. The molecule has 0 aliphatic carbocycles. The number of hydrogen-bond donors (Lipinski definition) is 8. The molecule has 14 heteroatoms. The zero-order chi connectivity index (χ0) is 19.9. The summed E-state index contributed by atoms with van der Waals surface area (Å²) in [6.07, 6.45) is -9.29. The Morgan fingerprint density at radius 1 is 1.04 bits per heavy atom. The fourth-order valence-corrected chi connectivity index (χ4v) is 2.11. The van der Waals surface area contributed by atoms with E-state index < -0.39 is 69.0 Å². The van der Waals surface area contributed by atoms with Crippen molar-refractivity contribution in [3.8, 4) is 0 Å². The quantitative estimate of drug-likeness (QED) is 0.125. The first-order valence-corrected chi connectivity index (χ1v) is 8.24. The van der Waals surface area contributed by atoms with E-state index in [9.17, 15) is 39.4 Å². The fourth-order valence-electron chi connectivity index (χ4n) is 1.76. The van der Waals surface area contributed by atoms with Gasteiger partial charge in [-0.15, -0.1) is 0 Å². The van der Waals surface area contributed by atoms with E-state index in [1.807, 2.05) is 5.32 Å². The number of carbonyl (C=O) groups is 3. The van der Waals surface area contributed by atoms with Crippen molar-refractivity contribution in [2.45, 2.75) is 43.8 Å². The highest BCUT2D eigenvalue weighted by molar-refractivity contribution is 7.46. The summed E-state index contributed by atoms with van der Waals surface area (Å²) in [6, 6.07) is -1.76. The molecule has 0 spiro atoms. The van der Waals surface area contributed by atoms with E-state index in [-0.39, 0.29) is 0 Å². The third-order valence-corrected chi connectivity index (χ3v) is 3.43. The molecule has 0 fully saturated rings. The number of hydrogen-bond acceptors (Lipinski definition) is 9. The normalized spacial score (nSPS) is 17.9. The van der Waals surface area contributed by atoms with Gasteiger partial charge in [-0.2, -0.15) is 0 Å². The van der Waals surface area contributed by atoms with Crippen LogP contribution in [0.15, 0.2) is 0 Å². The summed E-state index contributed by atoms with van der Waals surface area (Å²) in [5.41, 5.74) is 0. The first-order valence-electron chi connectivity index (χ1n) is 6.71. The van der Waals surface area contributed by atoms with Crippen LogP contribution in [0.25, 0.3) is 0 Å².